The monoisotopic (exact) mass is 367 g/mol. The molecule has 2 aromatic carbocycles. The first-order valence-corrected chi connectivity index (χ1v) is 7.62. The van der Waals surface area contributed by atoms with Crippen molar-refractivity contribution in [3.8, 4) is 5.75 Å². The van der Waals surface area contributed by atoms with Gasteiger partial charge in [-0.05, 0) is 31.2 Å². The molecule has 2 rings (SSSR count). The third-order valence-corrected chi connectivity index (χ3v) is 3.24. The molecule has 138 valence electrons. The lowest BCUT2D eigenvalue weighted by atomic mass is 10.1. The highest BCUT2D eigenvalue weighted by atomic mass is 19.4. The predicted octanol–water partition coefficient (Wildman–Crippen LogP) is 3.65. The van der Waals surface area contributed by atoms with E-state index in [0.29, 0.717) is 5.75 Å². The van der Waals surface area contributed by atoms with Gasteiger partial charge < -0.3 is 14.8 Å². The summed E-state index contributed by atoms with van der Waals surface area (Å²) in [7, 11) is 0. The second-order valence-corrected chi connectivity index (χ2v) is 5.27. The quantitative estimate of drug-likeness (QED) is 0.792. The van der Waals surface area contributed by atoms with Gasteiger partial charge >= 0.3 is 12.1 Å². The highest BCUT2D eigenvalue weighted by Gasteiger charge is 2.33. The smallest absolute Gasteiger partial charge is 0.418 e. The maximum Gasteiger partial charge on any atom is 0.418 e. The van der Waals surface area contributed by atoms with Crippen LogP contribution in [0.25, 0.3) is 0 Å². The van der Waals surface area contributed by atoms with Crippen molar-refractivity contribution in [1.29, 1.82) is 0 Å². The van der Waals surface area contributed by atoms with Gasteiger partial charge in [0.25, 0.3) is 5.91 Å². The highest BCUT2D eigenvalue weighted by molar-refractivity contribution is 5.93. The van der Waals surface area contributed by atoms with Crippen molar-refractivity contribution >= 4 is 17.6 Å². The molecule has 0 aliphatic heterocycles. The summed E-state index contributed by atoms with van der Waals surface area (Å²) in [5.74, 6) is -1.25. The van der Waals surface area contributed by atoms with E-state index in [2.05, 4.69) is 5.32 Å². The molecule has 1 atom stereocenters. The number of halogens is 3. The summed E-state index contributed by atoms with van der Waals surface area (Å²) in [6.45, 7) is 0.708. The van der Waals surface area contributed by atoms with E-state index < -0.39 is 42.0 Å². The van der Waals surface area contributed by atoms with E-state index in [1.807, 2.05) is 0 Å². The zero-order valence-electron chi connectivity index (χ0n) is 13.7. The second kappa shape index (κ2) is 8.37. The van der Waals surface area contributed by atoms with Gasteiger partial charge in [0.2, 0.25) is 0 Å². The molecule has 5 nitrogen and oxygen atoms in total. The minimum absolute atomic E-state index is 0.408. The van der Waals surface area contributed by atoms with Crippen LogP contribution in [0, 0.1) is 0 Å². The minimum atomic E-state index is -4.61. The Morgan fingerprint density at radius 2 is 1.65 bits per heavy atom. The van der Waals surface area contributed by atoms with E-state index in [4.69, 9.17) is 9.47 Å². The molecule has 0 aliphatic rings. The van der Waals surface area contributed by atoms with Gasteiger partial charge in [-0.15, -0.1) is 0 Å². The summed E-state index contributed by atoms with van der Waals surface area (Å²) < 4.78 is 48.7. The summed E-state index contributed by atoms with van der Waals surface area (Å²) in [5, 5.41) is 2.08. The van der Waals surface area contributed by atoms with Gasteiger partial charge in [0.15, 0.2) is 12.7 Å². The Hall–Kier alpha value is -3.03. The van der Waals surface area contributed by atoms with Crippen molar-refractivity contribution in [2.45, 2.75) is 19.2 Å². The lowest BCUT2D eigenvalue weighted by Gasteiger charge is -2.15. The number of carbonyl (C=O) groups is 2. The van der Waals surface area contributed by atoms with Crippen LogP contribution in [0.3, 0.4) is 0 Å². The Bertz CT molecular complexity index is 763. The van der Waals surface area contributed by atoms with Gasteiger partial charge in [-0.25, -0.2) is 4.79 Å². The number of rotatable bonds is 6. The number of para-hydroxylation sites is 2. The van der Waals surface area contributed by atoms with Crippen LogP contribution in [0.5, 0.6) is 5.75 Å². The third-order valence-electron chi connectivity index (χ3n) is 3.24. The number of anilines is 1. The van der Waals surface area contributed by atoms with Crippen molar-refractivity contribution < 1.29 is 32.2 Å². The van der Waals surface area contributed by atoms with Crippen molar-refractivity contribution in [1.82, 2.24) is 0 Å². The fraction of sp³-hybridized carbons (Fsp3) is 0.222. The molecule has 8 heteroatoms. The van der Waals surface area contributed by atoms with Gasteiger partial charge in [0.05, 0.1) is 11.3 Å². The highest BCUT2D eigenvalue weighted by Crippen LogP contribution is 2.34. The average molecular weight is 367 g/mol. The minimum Gasteiger partial charge on any atom is -0.479 e. The number of amides is 1. The summed E-state index contributed by atoms with van der Waals surface area (Å²) in [6, 6.07) is 13.0. The molecule has 1 N–H and O–H groups in total. The lowest BCUT2D eigenvalue weighted by molar-refractivity contribution is -0.153. The topological polar surface area (TPSA) is 64.6 Å². The normalized spacial score (nSPS) is 12.2. The van der Waals surface area contributed by atoms with E-state index in [9.17, 15) is 22.8 Å². The zero-order valence-corrected chi connectivity index (χ0v) is 13.7. The molecular weight excluding hydrogens is 351 g/mol. The van der Waals surface area contributed by atoms with E-state index in [0.717, 1.165) is 12.1 Å². The molecule has 0 saturated heterocycles. The Balaban J connectivity index is 1.88. The van der Waals surface area contributed by atoms with Crippen molar-refractivity contribution in [3.05, 3.63) is 60.2 Å². The average Bonchev–Trinajstić information content (AvgIpc) is 2.60. The van der Waals surface area contributed by atoms with Crippen LogP contribution in [0.2, 0.25) is 0 Å². The Labute approximate surface area is 147 Å². The van der Waals surface area contributed by atoms with Crippen LogP contribution in [0.1, 0.15) is 12.5 Å². The van der Waals surface area contributed by atoms with E-state index >= 15 is 0 Å². The SMILES string of the molecule is C[C@@H](Oc1ccccc1)C(=O)OCC(=O)Nc1ccccc1C(F)(F)F. The maximum absolute atomic E-state index is 12.9. The molecule has 0 heterocycles. The fourth-order valence-electron chi connectivity index (χ4n) is 2.03. The first-order chi connectivity index (χ1) is 12.3. The van der Waals surface area contributed by atoms with E-state index in [-0.39, 0.29) is 0 Å². The van der Waals surface area contributed by atoms with Crippen LogP contribution < -0.4 is 10.1 Å². The van der Waals surface area contributed by atoms with Crippen LogP contribution >= 0.6 is 0 Å². The predicted molar refractivity (Wildman–Crippen MR) is 87.6 cm³/mol. The number of esters is 1. The first-order valence-electron chi connectivity index (χ1n) is 7.62. The molecule has 26 heavy (non-hydrogen) atoms. The number of nitrogens with one attached hydrogen (secondary N) is 1. The second-order valence-electron chi connectivity index (χ2n) is 5.27. The Kier molecular flexibility index (Phi) is 6.21. The molecule has 0 bridgehead atoms. The van der Waals surface area contributed by atoms with Gasteiger partial charge in [-0.3, -0.25) is 4.79 Å². The molecule has 2 aromatic rings. The molecule has 0 aromatic heterocycles. The van der Waals surface area contributed by atoms with Gasteiger partial charge in [-0.1, -0.05) is 30.3 Å². The van der Waals surface area contributed by atoms with Crippen LogP contribution in [-0.2, 0) is 20.5 Å². The van der Waals surface area contributed by atoms with Gasteiger partial charge in [0, 0.05) is 0 Å². The number of carbonyl (C=O) groups excluding carboxylic acids is 2. The van der Waals surface area contributed by atoms with Crippen molar-refractivity contribution in [3.63, 3.8) is 0 Å². The fourth-order valence-corrected chi connectivity index (χ4v) is 2.03. The van der Waals surface area contributed by atoms with E-state index in [1.165, 1.54) is 19.1 Å². The molecule has 0 spiro atoms. The molecule has 0 fully saturated rings. The molecule has 1 amide bonds. The van der Waals surface area contributed by atoms with Crippen LogP contribution in [0.4, 0.5) is 18.9 Å². The molecule has 0 saturated carbocycles. The standard InChI is InChI=1S/C18H16F3NO4/c1-12(26-13-7-3-2-4-8-13)17(24)25-11-16(23)22-15-10-6-5-9-14(15)18(19,20)21/h2-10,12H,11H2,1H3,(H,22,23)/t12-/m1/s1. The van der Waals surface area contributed by atoms with Crippen molar-refractivity contribution in [2.24, 2.45) is 0 Å². The first kappa shape index (κ1) is 19.3. The Morgan fingerprint density at radius 3 is 2.31 bits per heavy atom. The van der Waals surface area contributed by atoms with Crippen LogP contribution in [0.15, 0.2) is 54.6 Å². The van der Waals surface area contributed by atoms with Crippen LogP contribution in [-0.4, -0.2) is 24.6 Å². The summed E-state index contributed by atoms with van der Waals surface area (Å²) >= 11 is 0. The lowest BCUT2D eigenvalue weighted by Crippen LogP contribution is -2.30. The zero-order chi connectivity index (χ0) is 19.2. The van der Waals surface area contributed by atoms with Gasteiger partial charge in [0.1, 0.15) is 5.75 Å². The molecule has 0 radical (unpaired) electrons. The van der Waals surface area contributed by atoms with Crippen molar-refractivity contribution in [2.75, 3.05) is 11.9 Å². The molecular formula is C18H16F3NO4. The molecule has 0 aliphatic carbocycles. The number of ether oxygens (including phenoxy) is 2. The largest absolute Gasteiger partial charge is 0.479 e. The number of benzene rings is 2. The summed E-state index contributed by atoms with van der Waals surface area (Å²) in [4.78, 5) is 23.6. The summed E-state index contributed by atoms with van der Waals surface area (Å²) in [6.07, 6.45) is -5.59. The Morgan fingerprint density at radius 1 is 1.04 bits per heavy atom. The number of hydrogen-bond acceptors (Lipinski definition) is 4. The number of hydrogen-bond donors (Lipinski definition) is 1. The summed E-state index contributed by atoms with van der Waals surface area (Å²) in [5.41, 5.74) is -1.39. The molecule has 0 unspecified atom stereocenters. The van der Waals surface area contributed by atoms with Gasteiger partial charge in [-0.2, -0.15) is 13.2 Å². The third kappa shape index (κ3) is 5.51. The van der Waals surface area contributed by atoms with E-state index in [1.54, 1.807) is 30.3 Å². The number of alkyl halides is 3. The maximum atomic E-state index is 12.9.